The van der Waals surface area contributed by atoms with Crippen molar-refractivity contribution < 1.29 is 8.42 Å². The molecular weight excluding hydrogens is 422 g/mol. The lowest BCUT2D eigenvalue weighted by atomic mass is 10.1. The van der Waals surface area contributed by atoms with Crippen LogP contribution in [-0.2, 0) is 16.6 Å². The quantitative estimate of drug-likeness (QED) is 0.438. The summed E-state index contributed by atoms with van der Waals surface area (Å²) in [6.07, 6.45) is 6.18. The zero-order chi connectivity index (χ0) is 21.3. The summed E-state index contributed by atoms with van der Waals surface area (Å²) in [5, 5.41) is 7.55. The topological polar surface area (TPSA) is 88.9 Å². The number of aryl methyl sites for hydroxylation is 1. The van der Waals surface area contributed by atoms with Gasteiger partial charge in [0, 0.05) is 42.4 Å². The second-order valence-corrected chi connectivity index (χ2v) is 9.00. The number of benzene rings is 1. The molecule has 0 unspecified atom stereocenters. The molecule has 0 aliphatic heterocycles. The van der Waals surface area contributed by atoms with Crippen LogP contribution in [0, 0.1) is 6.92 Å². The molecule has 0 aliphatic rings. The second kappa shape index (κ2) is 8.06. The molecule has 2 N–H and O–H groups in total. The molecule has 0 spiro atoms. The van der Waals surface area contributed by atoms with E-state index in [0.29, 0.717) is 28.6 Å². The van der Waals surface area contributed by atoms with Crippen molar-refractivity contribution in [3.8, 4) is 0 Å². The van der Waals surface area contributed by atoms with Gasteiger partial charge in [-0.25, -0.2) is 17.4 Å². The van der Waals surface area contributed by atoms with E-state index in [1.54, 1.807) is 30.7 Å². The number of pyridine rings is 2. The maximum absolute atomic E-state index is 13.3. The van der Waals surface area contributed by atoms with E-state index in [1.807, 2.05) is 32.2 Å². The van der Waals surface area contributed by atoms with Gasteiger partial charge in [0.05, 0.1) is 11.2 Å². The molecule has 0 amide bonds. The van der Waals surface area contributed by atoms with Crippen LogP contribution in [0.1, 0.15) is 11.1 Å². The molecule has 0 radical (unpaired) electrons. The summed E-state index contributed by atoms with van der Waals surface area (Å²) in [6.45, 7) is 2.46. The third-order valence-corrected chi connectivity index (χ3v) is 6.74. The van der Waals surface area contributed by atoms with E-state index in [0.717, 1.165) is 16.5 Å². The lowest BCUT2D eigenvalue weighted by molar-refractivity contribution is 0.588. The summed E-state index contributed by atoms with van der Waals surface area (Å²) in [5.74, 6) is 0. The molecule has 0 saturated heterocycles. The number of anilines is 2. The van der Waals surface area contributed by atoms with Crippen LogP contribution in [0.5, 0.6) is 0 Å². The predicted molar refractivity (Wildman–Crippen MR) is 119 cm³/mol. The van der Waals surface area contributed by atoms with Crippen LogP contribution < -0.4 is 10.6 Å². The zero-order valence-electron chi connectivity index (χ0n) is 16.4. The van der Waals surface area contributed by atoms with Crippen LogP contribution in [0.2, 0.25) is 5.15 Å². The van der Waals surface area contributed by atoms with Crippen LogP contribution in [0.3, 0.4) is 0 Å². The average Bonchev–Trinajstić information content (AvgIpc) is 3.10. The molecule has 3 aromatic heterocycles. The predicted octanol–water partition coefficient (Wildman–Crippen LogP) is 4.09. The van der Waals surface area contributed by atoms with E-state index >= 15 is 0 Å². The van der Waals surface area contributed by atoms with Gasteiger partial charge in [0.2, 0.25) is 0 Å². The molecule has 0 aliphatic carbocycles. The number of rotatable bonds is 6. The van der Waals surface area contributed by atoms with E-state index in [2.05, 4.69) is 20.6 Å². The standard InChI is InChI=1S/C21H20ClN5O2S/c1-14-7-9-25-21(22)20(14)26-16-5-6-18-15(11-23-2)13-27(19(18)10-16)30(28,29)17-4-3-8-24-12-17/h3-10,12-13,23,26H,11H2,1-2H3. The zero-order valence-corrected chi connectivity index (χ0v) is 18.0. The highest BCUT2D eigenvalue weighted by molar-refractivity contribution is 7.90. The number of hydrogen-bond acceptors (Lipinski definition) is 6. The number of nitrogens with zero attached hydrogens (tertiary/aromatic N) is 3. The second-order valence-electron chi connectivity index (χ2n) is 6.82. The van der Waals surface area contributed by atoms with Gasteiger partial charge in [-0.05, 0) is 55.4 Å². The molecule has 9 heteroatoms. The van der Waals surface area contributed by atoms with E-state index < -0.39 is 10.0 Å². The molecule has 4 rings (SSSR count). The first-order valence-electron chi connectivity index (χ1n) is 9.24. The summed E-state index contributed by atoms with van der Waals surface area (Å²) in [7, 11) is -1.99. The summed E-state index contributed by atoms with van der Waals surface area (Å²) >= 11 is 6.24. The van der Waals surface area contributed by atoms with Crippen molar-refractivity contribution in [2.75, 3.05) is 12.4 Å². The Kier molecular flexibility index (Phi) is 5.46. The largest absolute Gasteiger partial charge is 0.353 e. The summed E-state index contributed by atoms with van der Waals surface area (Å²) in [4.78, 5) is 8.19. The van der Waals surface area contributed by atoms with Crippen LogP contribution >= 0.6 is 11.6 Å². The fourth-order valence-electron chi connectivity index (χ4n) is 3.31. The smallest absolute Gasteiger partial charge is 0.269 e. The average molecular weight is 442 g/mol. The Morgan fingerprint density at radius 2 is 2.00 bits per heavy atom. The van der Waals surface area contributed by atoms with Gasteiger partial charge in [0.25, 0.3) is 10.0 Å². The molecular formula is C21H20ClN5O2S. The Morgan fingerprint density at radius 1 is 1.17 bits per heavy atom. The van der Waals surface area contributed by atoms with Crippen molar-refractivity contribution in [1.29, 1.82) is 0 Å². The lowest BCUT2D eigenvalue weighted by Gasteiger charge is -2.12. The third-order valence-electron chi connectivity index (χ3n) is 4.80. The molecule has 4 aromatic rings. The Balaban J connectivity index is 1.87. The van der Waals surface area contributed by atoms with Crippen LogP contribution in [0.4, 0.5) is 11.4 Å². The van der Waals surface area contributed by atoms with Crippen molar-refractivity contribution in [3.63, 3.8) is 0 Å². The molecule has 0 fully saturated rings. The van der Waals surface area contributed by atoms with Gasteiger partial charge < -0.3 is 10.6 Å². The third kappa shape index (κ3) is 3.65. The Morgan fingerprint density at radius 3 is 2.70 bits per heavy atom. The molecule has 0 saturated carbocycles. The van der Waals surface area contributed by atoms with E-state index in [9.17, 15) is 8.42 Å². The van der Waals surface area contributed by atoms with Crippen molar-refractivity contribution in [2.24, 2.45) is 0 Å². The molecule has 1 aromatic carbocycles. The van der Waals surface area contributed by atoms with Gasteiger partial charge in [-0.15, -0.1) is 0 Å². The number of nitrogens with one attached hydrogen (secondary N) is 2. The molecule has 154 valence electrons. The SMILES string of the molecule is CNCc1cn(S(=O)(=O)c2cccnc2)c2cc(Nc3c(C)ccnc3Cl)ccc12. The number of halogens is 1. The van der Waals surface area contributed by atoms with Gasteiger partial charge in [-0.3, -0.25) is 4.98 Å². The van der Waals surface area contributed by atoms with Crippen LogP contribution in [0.25, 0.3) is 10.9 Å². The van der Waals surface area contributed by atoms with Crippen molar-refractivity contribution in [1.82, 2.24) is 19.3 Å². The van der Waals surface area contributed by atoms with Gasteiger partial charge in [-0.1, -0.05) is 17.7 Å². The summed E-state index contributed by atoms with van der Waals surface area (Å²) in [6, 6.07) is 10.6. The minimum Gasteiger partial charge on any atom is -0.353 e. The highest BCUT2D eigenvalue weighted by Gasteiger charge is 2.21. The van der Waals surface area contributed by atoms with Crippen molar-refractivity contribution >= 4 is 43.9 Å². The Hall–Kier alpha value is -2.94. The van der Waals surface area contributed by atoms with Crippen LogP contribution in [0.15, 0.2) is 66.1 Å². The van der Waals surface area contributed by atoms with E-state index in [-0.39, 0.29) is 4.90 Å². The number of fused-ring (bicyclic) bond motifs is 1. The van der Waals surface area contributed by atoms with Gasteiger partial charge >= 0.3 is 0 Å². The summed E-state index contributed by atoms with van der Waals surface area (Å²) < 4.78 is 27.9. The highest BCUT2D eigenvalue weighted by atomic mass is 35.5. The van der Waals surface area contributed by atoms with Crippen molar-refractivity contribution in [3.05, 3.63) is 77.5 Å². The molecule has 3 heterocycles. The van der Waals surface area contributed by atoms with E-state index in [1.165, 1.54) is 16.2 Å². The molecule has 0 bridgehead atoms. The Labute approximate surface area is 179 Å². The molecule has 0 atom stereocenters. The van der Waals surface area contributed by atoms with E-state index in [4.69, 9.17) is 11.6 Å². The molecule has 30 heavy (non-hydrogen) atoms. The highest BCUT2D eigenvalue weighted by Crippen LogP contribution is 2.32. The maximum atomic E-state index is 13.3. The van der Waals surface area contributed by atoms with Gasteiger partial charge in [0.1, 0.15) is 4.90 Å². The first kappa shape index (κ1) is 20.3. The minimum absolute atomic E-state index is 0.127. The van der Waals surface area contributed by atoms with Crippen LogP contribution in [-0.4, -0.2) is 29.4 Å². The first-order chi connectivity index (χ1) is 14.4. The normalized spacial score (nSPS) is 11.7. The first-order valence-corrected chi connectivity index (χ1v) is 11.1. The fraction of sp³-hybridized carbons (Fsp3) is 0.143. The fourth-order valence-corrected chi connectivity index (χ4v) is 4.91. The van der Waals surface area contributed by atoms with Gasteiger partial charge in [-0.2, -0.15) is 0 Å². The monoisotopic (exact) mass is 441 g/mol. The number of hydrogen-bond donors (Lipinski definition) is 2. The minimum atomic E-state index is -3.81. The lowest BCUT2D eigenvalue weighted by Crippen LogP contribution is -2.12. The number of aromatic nitrogens is 3. The molecule has 7 nitrogen and oxygen atoms in total. The van der Waals surface area contributed by atoms with Crippen molar-refractivity contribution in [2.45, 2.75) is 18.4 Å². The summed E-state index contributed by atoms with van der Waals surface area (Å²) in [5.41, 5.74) is 3.76. The Bertz CT molecular complexity index is 1300. The van der Waals surface area contributed by atoms with Gasteiger partial charge in [0.15, 0.2) is 5.15 Å². The maximum Gasteiger partial charge on any atom is 0.269 e.